The van der Waals surface area contributed by atoms with E-state index in [9.17, 15) is 18.0 Å². The molecule has 5 nitrogen and oxygen atoms in total. The Morgan fingerprint density at radius 2 is 1.94 bits per heavy atom. The molecule has 0 fully saturated rings. The maximum Gasteiger partial charge on any atom is 0.405 e. The van der Waals surface area contributed by atoms with Crippen LogP contribution in [0.2, 0.25) is 0 Å². The molecule has 8 heteroatoms. The Morgan fingerprint density at radius 3 is 2.25 bits per heavy atom. The van der Waals surface area contributed by atoms with E-state index in [2.05, 4.69) is 5.32 Å². The lowest BCUT2D eigenvalue weighted by molar-refractivity contribution is -0.122. The lowest BCUT2D eigenvalue weighted by Crippen LogP contribution is -2.52. The second kappa shape index (κ2) is 5.57. The van der Waals surface area contributed by atoms with Gasteiger partial charge in [0.15, 0.2) is 0 Å². The Kier molecular flexibility index (Phi) is 5.06. The van der Waals surface area contributed by atoms with Gasteiger partial charge >= 0.3 is 12.2 Å². The first-order chi connectivity index (χ1) is 7.13. The number of halogens is 3. The van der Waals surface area contributed by atoms with E-state index in [0.29, 0.717) is 0 Å². The van der Waals surface area contributed by atoms with Gasteiger partial charge in [-0.25, -0.2) is 4.79 Å². The fourth-order valence-corrected chi connectivity index (χ4v) is 0.976. The van der Waals surface area contributed by atoms with Crippen molar-refractivity contribution in [2.24, 2.45) is 11.7 Å². The number of amidine groups is 1. The van der Waals surface area contributed by atoms with Gasteiger partial charge in [-0.3, -0.25) is 5.41 Å². The molecule has 0 heterocycles. The van der Waals surface area contributed by atoms with Crippen LogP contribution in [0.4, 0.5) is 18.0 Å². The third-order valence-electron chi connectivity index (χ3n) is 1.74. The van der Waals surface area contributed by atoms with Gasteiger partial charge in [0.05, 0.1) is 6.04 Å². The summed E-state index contributed by atoms with van der Waals surface area (Å²) >= 11 is 0. The highest BCUT2D eigenvalue weighted by atomic mass is 19.4. The number of hydrogen-bond donors (Lipinski definition) is 4. The SMILES string of the molecule is CC(C)C(NC(=O)NCC(F)(F)F)C(=N)N. The molecule has 0 bridgehead atoms. The fraction of sp³-hybridized carbons (Fsp3) is 0.750. The number of amides is 2. The summed E-state index contributed by atoms with van der Waals surface area (Å²) in [5, 5.41) is 11.0. The monoisotopic (exact) mass is 240 g/mol. The Morgan fingerprint density at radius 1 is 1.44 bits per heavy atom. The zero-order chi connectivity index (χ0) is 12.9. The van der Waals surface area contributed by atoms with Crippen LogP contribution in [0, 0.1) is 11.3 Å². The van der Waals surface area contributed by atoms with Crippen LogP contribution < -0.4 is 16.4 Å². The van der Waals surface area contributed by atoms with E-state index in [1.54, 1.807) is 19.2 Å². The summed E-state index contributed by atoms with van der Waals surface area (Å²) in [6.45, 7) is 1.97. The van der Waals surface area contributed by atoms with Crippen molar-refractivity contribution in [3.63, 3.8) is 0 Å². The predicted molar refractivity (Wildman–Crippen MR) is 53.1 cm³/mol. The van der Waals surface area contributed by atoms with Crippen LogP contribution in [-0.4, -0.2) is 30.6 Å². The first kappa shape index (κ1) is 14.5. The van der Waals surface area contributed by atoms with Gasteiger partial charge in [0, 0.05) is 0 Å². The Bertz CT molecular complexity index is 264. The summed E-state index contributed by atoms with van der Waals surface area (Å²) in [6.07, 6.45) is -4.46. The third-order valence-corrected chi connectivity index (χ3v) is 1.74. The predicted octanol–water partition coefficient (Wildman–Crippen LogP) is 0.808. The molecule has 0 saturated carbocycles. The van der Waals surface area contributed by atoms with Crippen molar-refractivity contribution in [2.45, 2.75) is 26.1 Å². The molecule has 0 saturated heterocycles. The highest BCUT2D eigenvalue weighted by Gasteiger charge is 2.28. The maximum absolute atomic E-state index is 11.8. The van der Waals surface area contributed by atoms with Crippen molar-refractivity contribution in [2.75, 3.05) is 6.54 Å². The number of carbonyl (C=O) groups is 1. The lowest BCUT2D eigenvalue weighted by Gasteiger charge is -2.21. The quantitative estimate of drug-likeness (QED) is 0.432. The van der Waals surface area contributed by atoms with Crippen molar-refractivity contribution in [3.8, 4) is 0 Å². The van der Waals surface area contributed by atoms with Crippen molar-refractivity contribution in [1.82, 2.24) is 10.6 Å². The van der Waals surface area contributed by atoms with Gasteiger partial charge in [0.2, 0.25) is 0 Å². The minimum absolute atomic E-state index is 0.172. The molecule has 94 valence electrons. The van der Waals surface area contributed by atoms with Gasteiger partial charge in [0.1, 0.15) is 12.4 Å². The lowest BCUT2D eigenvalue weighted by atomic mass is 10.0. The van der Waals surface area contributed by atoms with E-state index in [1.807, 2.05) is 0 Å². The van der Waals surface area contributed by atoms with Gasteiger partial charge in [-0.2, -0.15) is 13.2 Å². The molecule has 1 unspecified atom stereocenters. The van der Waals surface area contributed by atoms with E-state index >= 15 is 0 Å². The molecular weight excluding hydrogens is 225 g/mol. The maximum atomic E-state index is 11.8. The van der Waals surface area contributed by atoms with Crippen LogP contribution in [0.25, 0.3) is 0 Å². The van der Waals surface area contributed by atoms with Crippen LogP contribution in [0.1, 0.15) is 13.8 Å². The van der Waals surface area contributed by atoms with Crippen molar-refractivity contribution >= 4 is 11.9 Å². The van der Waals surface area contributed by atoms with Crippen molar-refractivity contribution in [3.05, 3.63) is 0 Å². The summed E-state index contributed by atoms with van der Waals surface area (Å²) in [5.41, 5.74) is 5.19. The molecule has 0 aromatic heterocycles. The van der Waals surface area contributed by atoms with Gasteiger partial charge in [-0.15, -0.1) is 0 Å². The molecule has 0 aliphatic carbocycles. The number of urea groups is 1. The topological polar surface area (TPSA) is 91.0 Å². The summed E-state index contributed by atoms with van der Waals surface area (Å²) < 4.78 is 35.3. The van der Waals surface area contributed by atoms with E-state index < -0.39 is 24.8 Å². The van der Waals surface area contributed by atoms with E-state index in [-0.39, 0.29) is 11.8 Å². The minimum Gasteiger partial charge on any atom is -0.386 e. The molecule has 5 N–H and O–H groups in total. The molecular formula is C8H15F3N4O. The normalized spacial score (nSPS) is 13.4. The average Bonchev–Trinajstić information content (AvgIpc) is 2.08. The number of nitrogens with two attached hydrogens (primary N) is 1. The summed E-state index contributed by atoms with van der Waals surface area (Å²) in [6, 6.07) is -1.76. The number of carbonyl (C=O) groups excluding carboxylic acids is 1. The van der Waals surface area contributed by atoms with Crippen LogP contribution in [0.3, 0.4) is 0 Å². The average molecular weight is 240 g/mol. The highest BCUT2D eigenvalue weighted by molar-refractivity contribution is 5.87. The molecule has 1 atom stereocenters. The summed E-state index contributed by atoms with van der Waals surface area (Å²) in [4.78, 5) is 11.0. The van der Waals surface area contributed by atoms with E-state index in [4.69, 9.17) is 11.1 Å². The minimum atomic E-state index is -4.46. The molecule has 0 aliphatic heterocycles. The fourth-order valence-electron chi connectivity index (χ4n) is 0.976. The van der Waals surface area contributed by atoms with E-state index in [1.165, 1.54) is 0 Å². The number of hydrogen-bond acceptors (Lipinski definition) is 2. The first-order valence-electron chi connectivity index (χ1n) is 4.58. The molecule has 0 aliphatic rings. The van der Waals surface area contributed by atoms with Crippen LogP contribution in [0.5, 0.6) is 0 Å². The van der Waals surface area contributed by atoms with Crippen LogP contribution >= 0.6 is 0 Å². The summed E-state index contributed by atoms with van der Waals surface area (Å²) in [7, 11) is 0. The molecule has 2 amide bonds. The summed E-state index contributed by atoms with van der Waals surface area (Å²) in [5.74, 6) is -0.466. The van der Waals surface area contributed by atoms with Crippen molar-refractivity contribution < 1.29 is 18.0 Å². The molecule has 0 spiro atoms. The van der Waals surface area contributed by atoms with E-state index in [0.717, 1.165) is 0 Å². The first-order valence-corrected chi connectivity index (χ1v) is 4.58. The number of rotatable bonds is 4. The zero-order valence-corrected chi connectivity index (χ0v) is 8.98. The second-order valence-electron chi connectivity index (χ2n) is 3.62. The van der Waals surface area contributed by atoms with Gasteiger partial charge < -0.3 is 16.4 Å². The highest BCUT2D eigenvalue weighted by Crippen LogP contribution is 2.12. The molecule has 0 aromatic carbocycles. The molecule has 16 heavy (non-hydrogen) atoms. The van der Waals surface area contributed by atoms with Gasteiger partial charge in [-0.05, 0) is 5.92 Å². The standard InChI is InChI=1S/C8H15F3N4O/c1-4(2)5(6(12)13)15-7(16)14-3-8(9,10)11/h4-5H,3H2,1-2H3,(H3,12,13)(H2,14,15,16). The van der Waals surface area contributed by atoms with Gasteiger partial charge in [-0.1, -0.05) is 13.8 Å². The largest absolute Gasteiger partial charge is 0.405 e. The Labute approximate surface area is 91.1 Å². The smallest absolute Gasteiger partial charge is 0.386 e. The Hall–Kier alpha value is -1.47. The van der Waals surface area contributed by atoms with Crippen molar-refractivity contribution in [1.29, 1.82) is 5.41 Å². The van der Waals surface area contributed by atoms with Crippen LogP contribution in [0.15, 0.2) is 0 Å². The van der Waals surface area contributed by atoms with Crippen LogP contribution in [-0.2, 0) is 0 Å². The number of nitrogens with one attached hydrogen (secondary N) is 3. The van der Waals surface area contributed by atoms with Gasteiger partial charge in [0.25, 0.3) is 0 Å². The Balaban J connectivity index is 4.17. The number of alkyl halides is 3. The third kappa shape index (κ3) is 6.10. The molecule has 0 rings (SSSR count). The zero-order valence-electron chi connectivity index (χ0n) is 8.98. The molecule has 0 aromatic rings. The molecule has 0 radical (unpaired) electrons. The second-order valence-corrected chi connectivity index (χ2v) is 3.62.